The van der Waals surface area contributed by atoms with E-state index in [9.17, 15) is 18.0 Å². The van der Waals surface area contributed by atoms with E-state index < -0.39 is 28.5 Å². The van der Waals surface area contributed by atoms with Crippen LogP contribution in [0.15, 0.2) is 77.7 Å². The molecule has 3 rings (SSSR count). The van der Waals surface area contributed by atoms with Crippen molar-refractivity contribution in [1.29, 1.82) is 0 Å². The highest BCUT2D eigenvalue weighted by Gasteiger charge is 2.34. The Morgan fingerprint density at radius 1 is 0.949 bits per heavy atom. The smallest absolute Gasteiger partial charge is 0.264 e. The lowest BCUT2D eigenvalue weighted by atomic mass is 10.1. The molecule has 2 amide bonds. The first-order chi connectivity index (χ1) is 18.7. The first kappa shape index (κ1) is 29.5. The zero-order valence-electron chi connectivity index (χ0n) is 22.9. The number of likely N-dealkylation sites (N-methyl/N-ethyl adjacent to an activating group) is 1. The van der Waals surface area contributed by atoms with Gasteiger partial charge in [0.1, 0.15) is 24.1 Å². The maximum atomic E-state index is 14.0. The predicted octanol–water partition coefficient (Wildman–Crippen LogP) is 3.76. The van der Waals surface area contributed by atoms with Crippen LogP contribution in [0.25, 0.3) is 0 Å². The molecule has 0 saturated heterocycles. The van der Waals surface area contributed by atoms with Crippen molar-refractivity contribution in [3.05, 3.63) is 83.9 Å². The summed E-state index contributed by atoms with van der Waals surface area (Å²) in [5, 5.41) is 2.62. The van der Waals surface area contributed by atoms with E-state index in [0.717, 1.165) is 15.4 Å². The van der Waals surface area contributed by atoms with Crippen LogP contribution in [0.1, 0.15) is 24.5 Å². The van der Waals surface area contributed by atoms with E-state index in [1.807, 2.05) is 38.1 Å². The minimum absolute atomic E-state index is 0.0226. The largest absolute Gasteiger partial charge is 0.497 e. The highest BCUT2D eigenvalue weighted by atomic mass is 32.2. The molecule has 0 bridgehead atoms. The fraction of sp³-hybridized carbons (Fsp3) is 0.310. The third-order valence-corrected chi connectivity index (χ3v) is 8.12. The molecule has 9 nitrogen and oxygen atoms in total. The zero-order valence-corrected chi connectivity index (χ0v) is 23.7. The van der Waals surface area contributed by atoms with E-state index >= 15 is 0 Å². The lowest BCUT2D eigenvalue weighted by Gasteiger charge is -2.33. The Labute approximate surface area is 230 Å². The Kier molecular flexibility index (Phi) is 9.95. The van der Waals surface area contributed by atoms with Gasteiger partial charge in [0.15, 0.2) is 0 Å². The van der Waals surface area contributed by atoms with Gasteiger partial charge in [-0.15, -0.1) is 0 Å². The molecule has 0 fully saturated rings. The van der Waals surface area contributed by atoms with Crippen LogP contribution in [0.3, 0.4) is 0 Å². The summed E-state index contributed by atoms with van der Waals surface area (Å²) in [7, 11) is 0.202. The van der Waals surface area contributed by atoms with Gasteiger partial charge in [-0.1, -0.05) is 48.9 Å². The van der Waals surface area contributed by atoms with Gasteiger partial charge < -0.3 is 19.7 Å². The second-order valence-corrected chi connectivity index (χ2v) is 10.8. The Bertz CT molecular complexity index is 1390. The monoisotopic (exact) mass is 553 g/mol. The van der Waals surface area contributed by atoms with E-state index in [2.05, 4.69) is 5.32 Å². The Morgan fingerprint density at radius 2 is 1.64 bits per heavy atom. The zero-order chi connectivity index (χ0) is 28.6. The Balaban J connectivity index is 2.10. The normalized spacial score (nSPS) is 11.8. The van der Waals surface area contributed by atoms with Gasteiger partial charge in [0.05, 0.1) is 24.8 Å². The number of sulfonamides is 1. The summed E-state index contributed by atoms with van der Waals surface area (Å²) in [5.41, 5.74) is 2.03. The van der Waals surface area contributed by atoms with Gasteiger partial charge >= 0.3 is 0 Å². The van der Waals surface area contributed by atoms with E-state index in [-0.39, 0.29) is 28.8 Å². The lowest BCUT2D eigenvalue weighted by molar-refractivity contribution is -0.140. The molecular formula is C29H35N3O6S. The van der Waals surface area contributed by atoms with Gasteiger partial charge in [-0.05, 0) is 55.3 Å². The predicted molar refractivity (Wildman–Crippen MR) is 150 cm³/mol. The summed E-state index contributed by atoms with van der Waals surface area (Å²) < 4.78 is 39.6. The molecular weight excluding hydrogens is 518 g/mol. The summed E-state index contributed by atoms with van der Waals surface area (Å²) in [4.78, 5) is 28.2. The number of anilines is 1. The molecule has 3 aromatic rings. The quantitative estimate of drug-likeness (QED) is 0.366. The van der Waals surface area contributed by atoms with Crippen LogP contribution in [0.2, 0.25) is 0 Å². The second-order valence-electron chi connectivity index (χ2n) is 8.91. The molecule has 0 heterocycles. The van der Waals surface area contributed by atoms with Gasteiger partial charge in [0.2, 0.25) is 11.8 Å². The maximum absolute atomic E-state index is 14.0. The van der Waals surface area contributed by atoms with Crippen molar-refractivity contribution in [1.82, 2.24) is 10.2 Å². The van der Waals surface area contributed by atoms with Crippen LogP contribution >= 0.6 is 0 Å². The topological polar surface area (TPSA) is 105 Å². The highest BCUT2D eigenvalue weighted by molar-refractivity contribution is 7.92. The molecule has 1 atom stereocenters. The number of aryl methyl sites for hydroxylation is 1. The minimum Gasteiger partial charge on any atom is -0.497 e. The van der Waals surface area contributed by atoms with Gasteiger partial charge in [0, 0.05) is 13.6 Å². The van der Waals surface area contributed by atoms with Crippen molar-refractivity contribution in [3.8, 4) is 11.5 Å². The van der Waals surface area contributed by atoms with Crippen molar-refractivity contribution < 1.29 is 27.5 Å². The number of nitrogens with one attached hydrogen (secondary N) is 1. The molecule has 3 aromatic carbocycles. The Morgan fingerprint density at radius 3 is 2.23 bits per heavy atom. The van der Waals surface area contributed by atoms with Crippen molar-refractivity contribution in [2.45, 2.75) is 37.8 Å². The molecule has 10 heteroatoms. The molecule has 0 radical (unpaired) electrons. The van der Waals surface area contributed by atoms with E-state index in [1.165, 1.54) is 50.4 Å². The SMILES string of the molecule is CC[C@@H](C(=O)NC)N(Cc1cccc(C)c1)C(=O)CN(c1ccccc1OC)S(=O)(=O)c1ccc(OC)cc1. The number of hydrogen-bond acceptors (Lipinski definition) is 6. The number of hydrogen-bond donors (Lipinski definition) is 1. The highest BCUT2D eigenvalue weighted by Crippen LogP contribution is 2.33. The summed E-state index contributed by atoms with van der Waals surface area (Å²) in [5.74, 6) is -0.0872. The number of nitrogens with zero attached hydrogens (tertiary/aromatic N) is 2. The third-order valence-electron chi connectivity index (χ3n) is 6.35. The van der Waals surface area contributed by atoms with Crippen molar-refractivity contribution >= 4 is 27.5 Å². The van der Waals surface area contributed by atoms with Crippen molar-refractivity contribution in [2.24, 2.45) is 0 Å². The molecule has 208 valence electrons. The molecule has 1 N–H and O–H groups in total. The van der Waals surface area contributed by atoms with Crippen LogP contribution in [0.5, 0.6) is 11.5 Å². The number of ether oxygens (including phenoxy) is 2. The van der Waals surface area contributed by atoms with Crippen LogP contribution in [0, 0.1) is 6.92 Å². The first-order valence-electron chi connectivity index (χ1n) is 12.5. The average Bonchev–Trinajstić information content (AvgIpc) is 2.95. The summed E-state index contributed by atoms with van der Waals surface area (Å²) in [6.45, 7) is 3.34. The average molecular weight is 554 g/mol. The molecule has 0 saturated carbocycles. The molecule has 0 aliphatic heterocycles. The number of carbonyl (C=O) groups is 2. The van der Waals surface area contributed by atoms with E-state index in [0.29, 0.717) is 12.2 Å². The van der Waals surface area contributed by atoms with Crippen LogP contribution < -0.4 is 19.1 Å². The molecule has 0 unspecified atom stereocenters. The fourth-order valence-corrected chi connectivity index (χ4v) is 5.74. The van der Waals surface area contributed by atoms with Crippen LogP contribution in [-0.4, -0.2) is 59.0 Å². The van der Waals surface area contributed by atoms with Crippen LogP contribution in [0.4, 0.5) is 5.69 Å². The lowest BCUT2D eigenvalue weighted by Crippen LogP contribution is -2.51. The molecule has 39 heavy (non-hydrogen) atoms. The fourth-order valence-electron chi connectivity index (χ4n) is 4.32. The van der Waals surface area contributed by atoms with Crippen molar-refractivity contribution in [2.75, 3.05) is 32.1 Å². The number of methoxy groups -OCH3 is 2. The third kappa shape index (κ3) is 6.88. The molecule has 0 aliphatic rings. The molecule has 0 aromatic heterocycles. The number of rotatable bonds is 12. The van der Waals surface area contributed by atoms with Gasteiger partial charge in [0.25, 0.3) is 10.0 Å². The second kappa shape index (κ2) is 13.1. The number of para-hydroxylation sites is 2. The molecule has 0 aliphatic carbocycles. The van der Waals surface area contributed by atoms with Crippen LogP contribution in [-0.2, 0) is 26.2 Å². The Hall–Kier alpha value is -4.05. The number of carbonyl (C=O) groups excluding carboxylic acids is 2. The van der Waals surface area contributed by atoms with Crippen molar-refractivity contribution in [3.63, 3.8) is 0 Å². The number of amides is 2. The van der Waals surface area contributed by atoms with Gasteiger partial charge in [-0.3, -0.25) is 13.9 Å². The van der Waals surface area contributed by atoms with Gasteiger partial charge in [-0.2, -0.15) is 0 Å². The summed E-state index contributed by atoms with van der Waals surface area (Å²) >= 11 is 0. The minimum atomic E-state index is -4.23. The first-order valence-corrected chi connectivity index (χ1v) is 14.0. The van der Waals surface area contributed by atoms with Gasteiger partial charge in [-0.25, -0.2) is 8.42 Å². The summed E-state index contributed by atoms with van der Waals surface area (Å²) in [6, 6.07) is 19.3. The van der Waals surface area contributed by atoms with E-state index in [4.69, 9.17) is 9.47 Å². The molecule has 0 spiro atoms. The standard InChI is InChI=1S/C29H35N3O6S/c1-6-25(29(34)30-3)31(19-22-11-9-10-21(2)18-22)28(33)20-32(26-12-7-8-13-27(26)38-5)39(35,36)24-16-14-23(37-4)15-17-24/h7-18,25H,6,19-20H2,1-5H3,(H,30,34)/t25-/m0/s1. The maximum Gasteiger partial charge on any atom is 0.264 e. The van der Waals surface area contributed by atoms with E-state index in [1.54, 1.807) is 24.3 Å². The number of benzene rings is 3. The summed E-state index contributed by atoms with van der Waals surface area (Å²) in [6.07, 6.45) is 0.344.